The highest BCUT2D eigenvalue weighted by Gasteiger charge is 2.12. The Bertz CT molecular complexity index is 936. The SMILES string of the molecule is COc1cc(C=NNc2ccccc2)ccc1OC(=O)c1ccc(C)cc1. The molecule has 3 aromatic carbocycles. The van der Waals surface area contributed by atoms with Crippen molar-refractivity contribution >= 4 is 17.9 Å². The molecule has 0 saturated heterocycles. The molecule has 3 aromatic rings. The molecule has 0 unspecified atom stereocenters. The number of esters is 1. The highest BCUT2D eigenvalue weighted by Crippen LogP contribution is 2.28. The van der Waals surface area contributed by atoms with E-state index in [1.165, 1.54) is 7.11 Å². The molecular weight excluding hydrogens is 340 g/mol. The summed E-state index contributed by atoms with van der Waals surface area (Å²) in [5.41, 5.74) is 6.22. The van der Waals surface area contributed by atoms with Crippen molar-refractivity contribution in [1.29, 1.82) is 0 Å². The summed E-state index contributed by atoms with van der Waals surface area (Å²) in [5.74, 6) is 0.385. The molecule has 0 saturated carbocycles. The molecule has 0 aromatic heterocycles. The first-order valence-electron chi connectivity index (χ1n) is 8.47. The molecule has 0 fully saturated rings. The molecule has 0 aliphatic rings. The van der Waals surface area contributed by atoms with Gasteiger partial charge in [0.2, 0.25) is 0 Å². The molecule has 27 heavy (non-hydrogen) atoms. The topological polar surface area (TPSA) is 59.9 Å². The first kappa shape index (κ1) is 18.2. The van der Waals surface area contributed by atoms with Crippen LogP contribution in [-0.2, 0) is 0 Å². The number of para-hydroxylation sites is 1. The molecule has 0 amide bonds. The van der Waals surface area contributed by atoms with Crippen LogP contribution in [0, 0.1) is 6.92 Å². The van der Waals surface area contributed by atoms with Gasteiger partial charge >= 0.3 is 5.97 Å². The Morgan fingerprint density at radius 2 is 1.70 bits per heavy atom. The van der Waals surface area contributed by atoms with E-state index in [0.29, 0.717) is 17.1 Å². The van der Waals surface area contributed by atoms with Gasteiger partial charge in [-0.25, -0.2) is 4.79 Å². The van der Waals surface area contributed by atoms with Gasteiger partial charge in [0, 0.05) is 0 Å². The number of carbonyl (C=O) groups is 1. The van der Waals surface area contributed by atoms with Crippen LogP contribution in [-0.4, -0.2) is 19.3 Å². The predicted octanol–water partition coefficient (Wildman–Crippen LogP) is 4.67. The summed E-state index contributed by atoms with van der Waals surface area (Å²) in [7, 11) is 1.53. The van der Waals surface area contributed by atoms with Gasteiger partial charge in [-0.05, 0) is 55.0 Å². The maximum absolute atomic E-state index is 12.3. The Morgan fingerprint density at radius 3 is 2.41 bits per heavy atom. The van der Waals surface area contributed by atoms with Crippen molar-refractivity contribution in [2.45, 2.75) is 6.92 Å². The minimum atomic E-state index is -0.430. The Labute approximate surface area is 158 Å². The summed E-state index contributed by atoms with van der Waals surface area (Å²) < 4.78 is 10.8. The highest BCUT2D eigenvalue weighted by molar-refractivity contribution is 5.91. The molecule has 5 nitrogen and oxygen atoms in total. The van der Waals surface area contributed by atoms with Crippen LogP contribution in [0.2, 0.25) is 0 Å². The second-order valence-electron chi connectivity index (χ2n) is 5.90. The lowest BCUT2D eigenvalue weighted by molar-refractivity contribution is 0.0729. The number of hydrogen-bond acceptors (Lipinski definition) is 5. The van der Waals surface area contributed by atoms with E-state index in [9.17, 15) is 4.79 Å². The van der Waals surface area contributed by atoms with E-state index < -0.39 is 5.97 Å². The third kappa shape index (κ3) is 4.95. The summed E-state index contributed by atoms with van der Waals surface area (Å²) in [4.78, 5) is 12.3. The number of methoxy groups -OCH3 is 1. The lowest BCUT2D eigenvalue weighted by atomic mass is 10.1. The monoisotopic (exact) mass is 360 g/mol. The smallest absolute Gasteiger partial charge is 0.343 e. The Balaban J connectivity index is 1.70. The number of anilines is 1. The number of aryl methyl sites for hydroxylation is 1. The largest absolute Gasteiger partial charge is 0.493 e. The molecule has 0 atom stereocenters. The van der Waals surface area contributed by atoms with Gasteiger partial charge in [-0.15, -0.1) is 0 Å². The van der Waals surface area contributed by atoms with Crippen molar-refractivity contribution < 1.29 is 14.3 Å². The van der Waals surface area contributed by atoms with Crippen molar-refractivity contribution in [2.75, 3.05) is 12.5 Å². The zero-order chi connectivity index (χ0) is 19.1. The van der Waals surface area contributed by atoms with Crippen molar-refractivity contribution in [3.05, 3.63) is 89.5 Å². The number of nitrogens with zero attached hydrogens (tertiary/aromatic N) is 1. The molecule has 0 aliphatic heterocycles. The lowest BCUT2D eigenvalue weighted by Crippen LogP contribution is -2.09. The van der Waals surface area contributed by atoms with Crippen LogP contribution in [0.1, 0.15) is 21.5 Å². The Morgan fingerprint density at radius 1 is 0.963 bits per heavy atom. The van der Waals surface area contributed by atoms with E-state index in [2.05, 4.69) is 10.5 Å². The third-order valence-electron chi connectivity index (χ3n) is 3.86. The van der Waals surface area contributed by atoms with Gasteiger partial charge in [-0.3, -0.25) is 5.43 Å². The van der Waals surface area contributed by atoms with E-state index >= 15 is 0 Å². The molecule has 0 bridgehead atoms. The molecule has 0 spiro atoms. The fourth-order valence-electron chi connectivity index (χ4n) is 2.39. The molecule has 0 heterocycles. The van der Waals surface area contributed by atoms with Crippen LogP contribution in [0.15, 0.2) is 77.9 Å². The first-order valence-corrected chi connectivity index (χ1v) is 8.47. The van der Waals surface area contributed by atoms with Crippen LogP contribution < -0.4 is 14.9 Å². The van der Waals surface area contributed by atoms with Crippen LogP contribution in [0.5, 0.6) is 11.5 Å². The zero-order valence-corrected chi connectivity index (χ0v) is 15.2. The number of carbonyl (C=O) groups excluding carboxylic acids is 1. The minimum Gasteiger partial charge on any atom is -0.493 e. The molecular formula is C22H20N2O3. The van der Waals surface area contributed by atoms with Crippen molar-refractivity contribution in [3.63, 3.8) is 0 Å². The average molecular weight is 360 g/mol. The number of hydrogen-bond donors (Lipinski definition) is 1. The summed E-state index contributed by atoms with van der Waals surface area (Å²) in [6.45, 7) is 1.96. The third-order valence-corrected chi connectivity index (χ3v) is 3.86. The van der Waals surface area contributed by atoms with Gasteiger partial charge in [0.05, 0.1) is 24.6 Å². The van der Waals surface area contributed by atoms with Gasteiger partial charge in [0.25, 0.3) is 0 Å². The van der Waals surface area contributed by atoms with Crippen LogP contribution in [0.3, 0.4) is 0 Å². The van der Waals surface area contributed by atoms with E-state index in [1.54, 1.807) is 36.5 Å². The molecule has 5 heteroatoms. The van der Waals surface area contributed by atoms with Crippen molar-refractivity contribution in [1.82, 2.24) is 0 Å². The minimum absolute atomic E-state index is 0.358. The van der Waals surface area contributed by atoms with E-state index in [1.807, 2.05) is 49.4 Å². The number of benzene rings is 3. The normalized spacial score (nSPS) is 10.6. The first-order chi connectivity index (χ1) is 13.2. The van der Waals surface area contributed by atoms with Gasteiger partial charge in [0.15, 0.2) is 11.5 Å². The predicted molar refractivity (Wildman–Crippen MR) is 107 cm³/mol. The van der Waals surface area contributed by atoms with E-state index in [-0.39, 0.29) is 0 Å². The quantitative estimate of drug-likeness (QED) is 0.300. The standard InChI is InChI=1S/C22H20N2O3/c1-16-8-11-18(12-9-16)22(25)27-20-13-10-17(14-21(20)26-2)15-23-24-19-6-4-3-5-7-19/h3-15,24H,1-2H3. The summed E-state index contributed by atoms with van der Waals surface area (Å²) in [6, 6.07) is 22.1. The second kappa shape index (κ2) is 8.67. The summed E-state index contributed by atoms with van der Waals surface area (Å²) in [5, 5.41) is 4.20. The van der Waals surface area contributed by atoms with Crippen molar-refractivity contribution in [2.24, 2.45) is 5.10 Å². The number of ether oxygens (including phenoxy) is 2. The van der Waals surface area contributed by atoms with Gasteiger partial charge < -0.3 is 9.47 Å². The highest BCUT2D eigenvalue weighted by atomic mass is 16.6. The lowest BCUT2D eigenvalue weighted by Gasteiger charge is -2.10. The molecule has 1 N–H and O–H groups in total. The van der Waals surface area contributed by atoms with E-state index in [4.69, 9.17) is 9.47 Å². The number of rotatable bonds is 6. The maximum atomic E-state index is 12.3. The van der Waals surface area contributed by atoms with Crippen LogP contribution in [0.25, 0.3) is 0 Å². The Kier molecular flexibility index (Phi) is 5.84. The fourth-order valence-corrected chi connectivity index (χ4v) is 2.39. The molecule has 0 aliphatic carbocycles. The van der Waals surface area contributed by atoms with Gasteiger partial charge in [0.1, 0.15) is 0 Å². The number of nitrogens with one attached hydrogen (secondary N) is 1. The number of hydrazone groups is 1. The van der Waals surface area contributed by atoms with E-state index in [0.717, 1.165) is 16.8 Å². The second-order valence-corrected chi connectivity index (χ2v) is 5.90. The van der Waals surface area contributed by atoms with Gasteiger partial charge in [-0.1, -0.05) is 35.9 Å². The maximum Gasteiger partial charge on any atom is 0.343 e. The van der Waals surface area contributed by atoms with Crippen molar-refractivity contribution in [3.8, 4) is 11.5 Å². The average Bonchev–Trinajstić information content (AvgIpc) is 2.70. The molecule has 136 valence electrons. The van der Waals surface area contributed by atoms with Crippen LogP contribution >= 0.6 is 0 Å². The zero-order valence-electron chi connectivity index (χ0n) is 15.2. The summed E-state index contributed by atoms with van der Waals surface area (Å²) >= 11 is 0. The van der Waals surface area contributed by atoms with Gasteiger partial charge in [-0.2, -0.15) is 5.10 Å². The molecule has 0 radical (unpaired) electrons. The fraction of sp³-hybridized carbons (Fsp3) is 0.0909. The van der Waals surface area contributed by atoms with Crippen LogP contribution in [0.4, 0.5) is 5.69 Å². The molecule has 3 rings (SSSR count). The summed E-state index contributed by atoms with van der Waals surface area (Å²) in [6.07, 6.45) is 1.67. The Hall–Kier alpha value is -3.60.